The standard InChI is InChI=1S/C15H29NO2/c1-2-16-15(13-9-10-17-11-13)12-18-14-7-5-3-4-6-8-14/h13-16H,2-12H2,1H3. The Morgan fingerprint density at radius 2 is 1.94 bits per heavy atom. The van der Waals surface area contributed by atoms with E-state index in [1.807, 2.05) is 0 Å². The van der Waals surface area contributed by atoms with Crippen molar-refractivity contribution < 1.29 is 9.47 Å². The fourth-order valence-electron chi connectivity index (χ4n) is 3.14. The molecular formula is C15H29NO2. The van der Waals surface area contributed by atoms with Crippen molar-refractivity contribution in [3.63, 3.8) is 0 Å². The first-order chi connectivity index (χ1) is 8.90. The fourth-order valence-corrected chi connectivity index (χ4v) is 3.14. The Balaban J connectivity index is 1.73. The lowest BCUT2D eigenvalue weighted by atomic mass is 9.99. The van der Waals surface area contributed by atoms with Gasteiger partial charge >= 0.3 is 0 Å². The summed E-state index contributed by atoms with van der Waals surface area (Å²) in [4.78, 5) is 0. The van der Waals surface area contributed by atoms with Crippen LogP contribution in [0.25, 0.3) is 0 Å². The molecule has 0 aromatic carbocycles. The summed E-state index contributed by atoms with van der Waals surface area (Å²) >= 11 is 0. The van der Waals surface area contributed by atoms with Gasteiger partial charge in [0.15, 0.2) is 0 Å². The normalized spacial score (nSPS) is 28.2. The average molecular weight is 255 g/mol. The molecule has 0 spiro atoms. The molecule has 18 heavy (non-hydrogen) atoms. The quantitative estimate of drug-likeness (QED) is 0.740. The molecule has 0 aromatic heterocycles. The van der Waals surface area contributed by atoms with Crippen LogP contribution < -0.4 is 5.32 Å². The molecule has 2 fully saturated rings. The van der Waals surface area contributed by atoms with E-state index in [-0.39, 0.29) is 0 Å². The average Bonchev–Trinajstić information content (AvgIpc) is 2.79. The third-order valence-electron chi connectivity index (χ3n) is 4.31. The minimum absolute atomic E-state index is 0.487. The molecule has 3 nitrogen and oxygen atoms in total. The van der Waals surface area contributed by atoms with Gasteiger partial charge in [0.2, 0.25) is 0 Å². The Kier molecular flexibility index (Phi) is 6.46. The zero-order chi connectivity index (χ0) is 12.6. The monoisotopic (exact) mass is 255 g/mol. The summed E-state index contributed by atoms with van der Waals surface area (Å²) < 4.78 is 11.7. The SMILES string of the molecule is CCNC(COC1CCCCCC1)C1CCOC1. The molecular weight excluding hydrogens is 226 g/mol. The lowest BCUT2D eigenvalue weighted by Gasteiger charge is -2.26. The minimum Gasteiger partial charge on any atom is -0.381 e. The number of nitrogens with one attached hydrogen (secondary N) is 1. The summed E-state index contributed by atoms with van der Waals surface area (Å²) in [6.07, 6.45) is 9.72. The van der Waals surface area contributed by atoms with Gasteiger partial charge in [0.25, 0.3) is 0 Å². The van der Waals surface area contributed by atoms with Crippen LogP contribution in [0, 0.1) is 5.92 Å². The molecule has 1 heterocycles. The number of ether oxygens (including phenoxy) is 2. The zero-order valence-electron chi connectivity index (χ0n) is 11.8. The molecule has 0 radical (unpaired) electrons. The zero-order valence-corrected chi connectivity index (χ0v) is 11.8. The van der Waals surface area contributed by atoms with Gasteiger partial charge in [0, 0.05) is 18.6 Å². The van der Waals surface area contributed by atoms with Crippen molar-refractivity contribution in [3.05, 3.63) is 0 Å². The molecule has 2 aliphatic rings. The van der Waals surface area contributed by atoms with Crippen molar-refractivity contribution in [3.8, 4) is 0 Å². The van der Waals surface area contributed by atoms with Crippen LogP contribution in [0.1, 0.15) is 51.9 Å². The maximum absolute atomic E-state index is 6.17. The molecule has 0 bridgehead atoms. The van der Waals surface area contributed by atoms with E-state index in [0.717, 1.165) is 26.4 Å². The van der Waals surface area contributed by atoms with E-state index in [1.165, 1.54) is 44.9 Å². The lowest BCUT2D eigenvalue weighted by Crippen LogP contribution is -2.41. The highest BCUT2D eigenvalue weighted by atomic mass is 16.5. The van der Waals surface area contributed by atoms with Crippen molar-refractivity contribution in [2.45, 2.75) is 64.0 Å². The summed E-state index contributed by atoms with van der Waals surface area (Å²) in [6.45, 7) is 5.90. The molecule has 1 saturated heterocycles. The molecule has 1 N–H and O–H groups in total. The maximum atomic E-state index is 6.17. The summed E-state index contributed by atoms with van der Waals surface area (Å²) in [5.41, 5.74) is 0. The molecule has 2 unspecified atom stereocenters. The molecule has 0 aromatic rings. The summed E-state index contributed by atoms with van der Waals surface area (Å²) in [5.74, 6) is 0.649. The van der Waals surface area contributed by atoms with Crippen LogP contribution in [0.4, 0.5) is 0 Å². The van der Waals surface area contributed by atoms with Gasteiger partial charge in [-0.3, -0.25) is 0 Å². The predicted octanol–water partition coefficient (Wildman–Crippen LogP) is 2.74. The minimum atomic E-state index is 0.487. The van der Waals surface area contributed by atoms with Crippen molar-refractivity contribution >= 4 is 0 Å². The predicted molar refractivity (Wildman–Crippen MR) is 73.8 cm³/mol. The van der Waals surface area contributed by atoms with Gasteiger partial charge in [-0.1, -0.05) is 32.6 Å². The highest BCUT2D eigenvalue weighted by Gasteiger charge is 2.26. The first-order valence-corrected chi connectivity index (χ1v) is 7.83. The molecule has 1 aliphatic carbocycles. The maximum Gasteiger partial charge on any atom is 0.0626 e. The topological polar surface area (TPSA) is 30.5 Å². The van der Waals surface area contributed by atoms with Crippen LogP contribution >= 0.6 is 0 Å². The summed E-state index contributed by atoms with van der Waals surface area (Å²) in [6, 6.07) is 0.487. The molecule has 2 atom stereocenters. The van der Waals surface area contributed by atoms with Gasteiger partial charge in [-0.05, 0) is 25.8 Å². The van der Waals surface area contributed by atoms with E-state index < -0.39 is 0 Å². The van der Waals surface area contributed by atoms with E-state index in [4.69, 9.17) is 9.47 Å². The smallest absolute Gasteiger partial charge is 0.0626 e. The lowest BCUT2D eigenvalue weighted by molar-refractivity contribution is 0.0180. The molecule has 2 rings (SSSR count). The van der Waals surface area contributed by atoms with Crippen molar-refractivity contribution in [1.82, 2.24) is 5.32 Å². The Bertz CT molecular complexity index is 209. The van der Waals surface area contributed by atoms with Crippen molar-refractivity contribution in [2.24, 2.45) is 5.92 Å². The third-order valence-corrected chi connectivity index (χ3v) is 4.31. The number of hydrogen-bond donors (Lipinski definition) is 1. The van der Waals surface area contributed by atoms with Crippen LogP contribution in [0.3, 0.4) is 0 Å². The summed E-state index contributed by atoms with van der Waals surface area (Å²) in [5, 5.41) is 3.57. The van der Waals surface area contributed by atoms with E-state index >= 15 is 0 Å². The van der Waals surface area contributed by atoms with Crippen molar-refractivity contribution in [2.75, 3.05) is 26.4 Å². The number of likely N-dealkylation sites (N-methyl/N-ethyl adjacent to an activating group) is 1. The highest BCUT2D eigenvalue weighted by molar-refractivity contribution is 4.79. The molecule has 3 heteroatoms. The van der Waals surface area contributed by atoms with Crippen LogP contribution in [0.5, 0.6) is 0 Å². The van der Waals surface area contributed by atoms with Gasteiger partial charge in [0.1, 0.15) is 0 Å². The molecule has 1 aliphatic heterocycles. The Hall–Kier alpha value is -0.120. The van der Waals surface area contributed by atoms with Gasteiger partial charge in [-0.15, -0.1) is 0 Å². The molecule has 0 amide bonds. The van der Waals surface area contributed by atoms with Crippen molar-refractivity contribution in [1.29, 1.82) is 0 Å². The van der Waals surface area contributed by atoms with Crippen LogP contribution in [0.2, 0.25) is 0 Å². The first-order valence-electron chi connectivity index (χ1n) is 7.83. The molecule has 106 valence electrons. The van der Waals surface area contributed by atoms with Gasteiger partial charge < -0.3 is 14.8 Å². The number of hydrogen-bond acceptors (Lipinski definition) is 3. The fraction of sp³-hybridized carbons (Fsp3) is 1.00. The van der Waals surface area contributed by atoms with Gasteiger partial charge in [-0.2, -0.15) is 0 Å². The van der Waals surface area contributed by atoms with Crippen LogP contribution in [-0.4, -0.2) is 38.5 Å². The van der Waals surface area contributed by atoms with E-state index in [1.54, 1.807) is 0 Å². The second-order valence-corrected chi connectivity index (χ2v) is 5.73. The van der Waals surface area contributed by atoms with E-state index in [9.17, 15) is 0 Å². The van der Waals surface area contributed by atoms with Gasteiger partial charge in [0.05, 0.1) is 19.3 Å². The van der Waals surface area contributed by atoms with Gasteiger partial charge in [-0.25, -0.2) is 0 Å². The third kappa shape index (κ3) is 4.52. The summed E-state index contributed by atoms with van der Waals surface area (Å²) in [7, 11) is 0. The van der Waals surface area contributed by atoms with Crippen LogP contribution in [-0.2, 0) is 9.47 Å². The Morgan fingerprint density at radius 3 is 2.56 bits per heavy atom. The Labute approximate surface area is 112 Å². The molecule has 1 saturated carbocycles. The largest absolute Gasteiger partial charge is 0.381 e. The second-order valence-electron chi connectivity index (χ2n) is 5.73. The van der Waals surface area contributed by atoms with Crippen LogP contribution in [0.15, 0.2) is 0 Å². The second kappa shape index (κ2) is 8.13. The number of rotatable bonds is 6. The van der Waals surface area contributed by atoms with E-state index in [0.29, 0.717) is 18.1 Å². The highest BCUT2D eigenvalue weighted by Crippen LogP contribution is 2.22. The first kappa shape index (κ1) is 14.3. The Morgan fingerprint density at radius 1 is 1.17 bits per heavy atom. The van der Waals surface area contributed by atoms with E-state index in [2.05, 4.69) is 12.2 Å².